The molecule has 2 rings (SSSR count). The highest BCUT2D eigenvalue weighted by molar-refractivity contribution is 6.32. The molecule has 7 heteroatoms. The van der Waals surface area contributed by atoms with Crippen LogP contribution in [0.5, 0.6) is 0 Å². The summed E-state index contributed by atoms with van der Waals surface area (Å²) in [5.74, 6) is -0.200. The standard InChI is InChI=1S/C12H14ClN3O3/c1-8-7-14-4-5-15(8)12(17)9-2-3-10(13)11(6-9)16(18)19/h2-3,6,8,14H,4-5,7H2,1H3/t8-/m1/s1. The van der Waals surface area contributed by atoms with Gasteiger partial charge in [-0.15, -0.1) is 0 Å². The summed E-state index contributed by atoms with van der Waals surface area (Å²) in [6, 6.07) is 4.21. The molecule has 1 aromatic rings. The number of rotatable bonds is 2. The van der Waals surface area contributed by atoms with Crippen molar-refractivity contribution in [3.8, 4) is 0 Å². The summed E-state index contributed by atoms with van der Waals surface area (Å²) in [4.78, 5) is 24.3. The van der Waals surface area contributed by atoms with Gasteiger partial charge in [0.05, 0.1) is 4.92 Å². The van der Waals surface area contributed by atoms with Crippen LogP contribution in [-0.4, -0.2) is 41.4 Å². The predicted octanol–water partition coefficient (Wildman–Crippen LogP) is 1.68. The third-order valence-corrected chi connectivity index (χ3v) is 3.47. The molecule has 0 unspecified atom stereocenters. The highest BCUT2D eigenvalue weighted by Crippen LogP contribution is 2.26. The van der Waals surface area contributed by atoms with Gasteiger partial charge in [-0.1, -0.05) is 11.6 Å². The van der Waals surface area contributed by atoms with Gasteiger partial charge in [-0.2, -0.15) is 0 Å². The molecule has 1 N–H and O–H groups in total. The van der Waals surface area contributed by atoms with Gasteiger partial charge in [-0.05, 0) is 19.1 Å². The fraction of sp³-hybridized carbons (Fsp3) is 0.417. The number of hydrogen-bond donors (Lipinski definition) is 1. The third-order valence-electron chi connectivity index (χ3n) is 3.15. The predicted molar refractivity (Wildman–Crippen MR) is 71.5 cm³/mol. The summed E-state index contributed by atoms with van der Waals surface area (Å²) < 4.78 is 0. The molecular weight excluding hydrogens is 270 g/mol. The Morgan fingerprint density at radius 2 is 2.32 bits per heavy atom. The summed E-state index contributed by atoms with van der Waals surface area (Å²) in [6.45, 7) is 3.98. The fourth-order valence-electron chi connectivity index (χ4n) is 2.09. The summed E-state index contributed by atoms with van der Waals surface area (Å²) in [6.07, 6.45) is 0. The van der Waals surface area contributed by atoms with Gasteiger partial charge >= 0.3 is 0 Å². The number of hydrogen-bond acceptors (Lipinski definition) is 4. The van der Waals surface area contributed by atoms with Crippen LogP contribution < -0.4 is 5.32 Å². The number of nitro benzene ring substituents is 1. The average molecular weight is 284 g/mol. The smallest absolute Gasteiger partial charge is 0.288 e. The number of benzene rings is 1. The molecule has 1 amide bonds. The summed E-state index contributed by atoms with van der Waals surface area (Å²) in [5, 5.41) is 14.0. The average Bonchev–Trinajstić information content (AvgIpc) is 2.38. The lowest BCUT2D eigenvalue weighted by molar-refractivity contribution is -0.384. The quantitative estimate of drug-likeness (QED) is 0.662. The molecule has 0 aromatic heterocycles. The van der Waals surface area contributed by atoms with Crippen LogP contribution in [0.3, 0.4) is 0 Å². The summed E-state index contributed by atoms with van der Waals surface area (Å²) >= 11 is 5.73. The van der Waals surface area contributed by atoms with Crippen molar-refractivity contribution in [2.75, 3.05) is 19.6 Å². The molecule has 19 heavy (non-hydrogen) atoms. The van der Waals surface area contributed by atoms with Gasteiger partial charge in [0.25, 0.3) is 11.6 Å². The molecule has 1 aromatic carbocycles. The topological polar surface area (TPSA) is 75.5 Å². The lowest BCUT2D eigenvalue weighted by atomic mass is 10.1. The highest BCUT2D eigenvalue weighted by atomic mass is 35.5. The third kappa shape index (κ3) is 2.85. The van der Waals surface area contributed by atoms with Crippen LogP contribution in [-0.2, 0) is 0 Å². The van der Waals surface area contributed by atoms with Crippen LogP contribution in [0.15, 0.2) is 18.2 Å². The van der Waals surface area contributed by atoms with Crippen LogP contribution in [0.4, 0.5) is 5.69 Å². The maximum Gasteiger partial charge on any atom is 0.288 e. The minimum Gasteiger partial charge on any atom is -0.333 e. The maximum absolute atomic E-state index is 12.3. The van der Waals surface area contributed by atoms with Gasteiger partial charge in [-0.25, -0.2) is 0 Å². The molecule has 0 radical (unpaired) electrons. The maximum atomic E-state index is 12.3. The molecule has 1 aliphatic heterocycles. The van der Waals surface area contributed by atoms with Gasteiger partial charge in [0.15, 0.2) is 0 Å². The fourth-order valence-corrected chi connectivity index (χ4v) is 2.28. The van der Waals surface area contributed by atoms with Crippen molar-refractivity contribution in [2.24, 2.45) is 0 Å². The first-order valence-corrected chi connectivity index (χ1v) is 6.34. The molecular formula is C12H14ClN3O3. The van der Waals surface area contributed by atoms with E-state index in [1.165, 1.54) is 18.2 Å². The minimum absolute atomic E-state index is 0.0370. The van der Waals surface area contributed by atoms with E-state index in [2.05, 4.69) is 5.32 Å². The molecule has 1 saturated heterocycles. The lowest BCUT2D eigenvalue weighted by Gasteiger charge is -2.34. The summed E-state index contributed by atoms with van der Waals surface area (Å²) in [5.41, 5.74) is 0.0557. The van der Waals surface area contributed by atoms with Gasteiger partial charge in [0.2, 0.25) is 0 Å². The molecule has 0 aliphatic carbocycles. The molecule has 1 fully saturated rings. The van der Waals surface area contributed by atoms with E-state index in [0.717, 1.165) is 13.1 Å². The molecule has 1 aliphatic rings. The van der Waals surface area contributed by atoms with E-state index < -0.39 is 4.92 Å². The first-order valence-electron chi connectivity index (χ1n) is 5.96. The van der Waals surface area contributed by atoms with E-state index in [0.29, 0.717) is 12.1 Å². The van der Waals surface area contributed by atoms with Gasteiger partial charge < -0.3 is 10.2 Å². The molecule has 102 valence electrons. The Morgan fingerprint density at radius 1 is 1.58 bits per heavy atom. The Morgan fingerprint density at radius 3 is 2.95 bits per heavy atom. The summed E-state index contributed by atoms with van der Waals surface area (Å²) in [7, 11) is 0. The zero-order valence-electron chi connectivity index (χ0n) is 10.4. The van der Waals surface area contributed by atoms with Crippen LogP contribution in [0, 0.1) is 10.1 Å². The molecule has 0 bridgehead atoms. The Hall–Kier alpha value is -1.66. The van der Waals surface area contributed by atoms with Crippen molar-refractivity contribution in [1.29, 1.82) is 0 Å². The number of carbonyl (C=O) groups is 1. The number of piperazine rings is 1. The van der Waals surface area contributed by atoms with Gasteiger partial charge in [0.1, 0.15) is 5.02 Å². The molecule has 1 heterocycles. The van der Waals surface area contributed by atoms with Crippen molar-refractivity contribution in [3.63, 3.8) is 0 Å². The van der Waals surface area contributed by atoms with E-state index in [1.807, 2.05) is 6.92 Å². The number of nitrogens with one attached hydrogen (secondary N) is 1. The number of nitrogens with zero attached hydrogens (tertiary/aromatic N) is 2. The minimum atomic E-state index is -0.583. The van der Waals surface area contributed by atoms with Crippen LogP contribution in [0.2, 0.25) is 5.02 Å². The van der Waals surface area contributed by atoms with Gasteiger partial charge in [0, 0.05) is 37.3 Å². The van der Waals surface area contributed by atoms with E-state index in [1.54, 1.807) is 4.90 Å². The van der Waals surface area contributed by atoms with E-state index in [4.69, 9.17) is 11.6 Å². The second kappa shape index (κ2) is 5.54. The van der Waals surface area contributed by atoms with E-state index in [-0.39, 0.29) is 22.7 Å². The van der Waals surface area contributed by atoms with Crippen molar-refractivity contribution < 1.29 is 9.72 Å². The second-order valence-electron chi connectivity index (χ2n) is 4.47. The Labute approximate surface area is 115 Å². The Kier molecular flexibility index (Phi) is 4.01. The SMILES string of the molecule is C[C@@H]1CNCCN1C(=O)c1ccc(Cl)c([N+](=O)[O-])c1. The molecule has 0 spiro atoms. The van der Waals surface area contributed by atoms with E-state index >= 15 is 0 Å². The van der Waals surface area contributed by atoms with Crippen LogP contribution >= 0.6 is 11.6 Å². The van der Waals surface area contributed by atoms with Crippen molar-refractivity contribution in [1.82, 2.24) is 10.2 Å². The normalized spacial score (nSPS) is 19.3. The zero-order chi connectivity index (χ0) is 14.0. The van der Waals surface area contributed by atoms with Crippen molar-refractivity contribution in [3.05, 3.63) is 38.9 Å². The lowest BCUT2D eigenvalue weighted by Crippen LogP contribution is -2.52. The Bertz CT molecular complexity index is 521. The first-order chi connectivity index (χ1) is 9.00. The van der Waals surface area contributed by atoms with Crippen molar-refractivity contribution >= 4 is 23.2 Å². The number of amides is 1. The Balaban J connectivity index is 2.28. The molecule has 0 saturated carbocycles. The van der Waals surface area contributed by atoms with Crippen LogP contribution in [0.25, 0.3) is 0 Å². The zero-order valence-corrected chi connectivity index (χ0v) is 11.2. The van der Waals surface area contributed by atoms with Crippen LogP contribution in [0.1, 0.15) is 17.3 Å². The van der Waals surface area contributed by atoms with E-state index in [9.17, 15) is 14.9 Å². The monoisotopic (exact) mass is 283 g/mol. The number of nitro groups is 1. The molecule has 1 atom stereocenters. The van der Waals surface area contributed by atoms with Crippen molar-refractivity contribution in [2.45, 2.75) is 13.0 Å². The second-order valence-corrected chi connectivity index (χ2v) is 4.88. The number of carbonyl (C=O) groups excluding carboxylic acids is 1. The first kappa shape index (κ1) is 13.8. The largest absolute Gasteiger partial charge is 0.333 e. The number of halogens is 1. The van der Waals surface area contributed by atoms with Gasteiger partial charge in [-0.3, -0.25) is 14.9 Å². The molecule has 6 nitrogen and oxygen atoms in total. The highest BCUT2D eigenvalue weighted by Gasteiger charge is 2.25.